The number of hydrogen-bond donors (Lipinski definition) is 1. The number of hydrogen-bond acceptors (Lipinski definition) is 2. The third-order valence-corrected chi connectivity index (χ3v) is 2.53. The minimum Gasteiger partial charge on any atom is -0.370 e. The highest BCUT2D eigenvalue weighted by atomic mass is 35.5. The van der Waals surface area contributed by atoms with E-state index < -0.39 is 24.6 Å². The second-order valence-corrected chi connectivity index (χ2v) is 4.19. The lowest BCUT2D eigenvalue weighted by Crippen LogP contribution is -2.31. The SMILES string of the molecule is NC(COCC(F)(F)F)Cc1cccc(F)c1Cl. The fourth-order valence-corrected chi connectivity index (χ4v) is 1.58. The maximum absolute atomic E-state index is 13.1. The summed E-state index contributed by atoms with van der Waals surface area (Å²) in [5.41, 5.74) is 6.02. The normalized spacial score (nSPS) is 13.7. The van der Waals surface area contributed by atoms with E-state index in [9.17, 15) is 17.6 Å². The van der Waals surface area contributed by atoms with Gasteiger partial charge in [0.2, 0.25) is 0 Å². The molecule has 0 bridgehead atoms. The molecule has 1 rings (SSSR count). The van der Waals surface area contributed by atoms with E-state index in [2.05, 4.69) is 4.74 Å². The summed E-state index contributed by atoms with van der Waals surface area (Å²) in [6, 6.07) is 3.54. The third kappa shape index (κ3) is 5.20. The minimum absolute atomic E-state index is 0.0660. The number of nitrogens with two attached hydrogens (primary N) is 1. The first-order chi connectivity index (χ1) is 8.29. The maximum Gasteiger partial charge on any atom is 0.411 e. The molecule has 1 aromatic carbocycles. The fourth-order valence-electron chi connectivity index (χ4n) is 1.37. The predicted molar refractivity (Wildman–Crippen MR) is 60.0 cm³/mol. The van der Waals surface area contributed by atoms with Gasteiger partial charge >= 0.3 is 6.18 Å². The molecule has 18 heavy (non-hydrogen) atoms. The second kappa shape index (κ2) is 6.36. The highest BCUT2D eigenvalue weighted by molar-refractivity contribution is 6.31. The molecule has 0 heterocycles. The Kier molecular flexibility index (Phi) is 5.37. The van der Waals surface area contributed by atoms with E-state index in [1.165, 1.54) is 12.1 Å². The maximum atomic E-state index is 13.1. The van der Waals surface area contributed by atoms with Gasteiger partial charge in [0, 0.05) is 6.04 Å². The molecule has 0 aliphatic carbocycles. The molecule has 102 valence electrons. The lowest BCUT2D eigenvalue weighted by atomic mass is 10.1. The van der Waals surface area contributed by atoms with E-state index in [1.807, 2.05) is 0 Å². The van der Waals surface area contributed by atoms with Gasteiger partial charge in [-0.25, -0.2) is 4.39 Å². The molecule has 0 aromatic heterocycles. The van der Waals surface area contributed by atoms with Gasteiger partial charge in [-0.3, -0.25) is 0 Å². The zero-order chi connectivity index (χ0) is 13.8. The van der Waals surface area contributed by atoms with E-state index >= 15 is 0 Å². The molecule has 0 fully saturated rings. The molecule has 2 nitrogen and oxygen atoms in total. The van der Waals surface area contributed by atoms with Crippen molar-refractivity contribution in [3.63, 3.8) is 0 Å². The van der Waals surface area contributed by atoms with Gasteiger partial charge in [0.1, 0.15) is 12.4 Å². The number of rotatable bonds is 5. The van der Waals surface area contributed by atoms with Crippen LogP contribution >= 0.6 is 11.6 Å². The van der Waals surface area contributed by atoms with E-state index in [0.29, 0.717) is 5.56 Å². The number of ether oxygens (including phenoxy) is 1. The van der Waals surface area contributed by atoms with Crippen LogP contribution in [0.5, 0.6) is 0 Å². The topological polar surface area (TPSA) is 35.2 Å². The molecule has 0 aliphatic rings. The van der Waals surface area contributed by atoms with Crippen LogP contribution in [0.15, 0.2) is 18.2 Å². The molecule has 0 aliphatic heterocycles. The van der Waals surface area contributed by atoms with Gasteiger partial charge in [-0.05, 0) is 18.1 Å². The molecule has 7 heteroatoms. The summed E-state index contributed by atoms with van der Waals surface area (Å²) in [5, 5.41) is -0.0660. The minimum atomic E-state index is -4.38. The highest BCUT2D eigenvalue weighted by Crippen LogP contribution is 2.21. The summed E-state index contributed by atoms with van der Waals surface area (Å²) >= 11 is 5.69. The van der Waals surface area contributed by atoms with Gasteiger partial charge in [-0.15, -0.1) is 0 Å². The van der Waals surface area contributed by atoms with Crippen LogP contribution in [0.1, 0.15) is 5.56 Å². The van der Waals surface area contributed by atoms with E-state index in [1.54, 1.807) is 6.07 Å². The average molecular weight is 286 g/mol. The predicted octanol–water partition coefficient (Wildman–Crippen LogP) is 2.93. The molecule has 0 amide bonds. The van der Waals surface area contributed by atoms with Gasteiger partial charge in [0.25, 0.3) is 0 Å². The Morgan fingerprint density at radius 3 is 2.61 bits per heavy atom. The molecule has 0 saturated carbocycles. The van der Waals surface area contributed by atoms with Crippen molar-refractivity contribution < 1.29 is 22.3 Å². The first-order valence-electron chi connectivity index (χ1n) is 5.12. The first-order valence-corrected chi connectivity index (χ1v) is 5.50. The van der Waals surface area contributed by atoms with Crippen molar-refractivity contribution in [1.82, 2.24) is 0 Å². The number of benzene rings is 1. The Morgan fingerprint density at radius 2 is 2.00 bits per heavy atom. The van der Waals surface area contributed by atoms with Gasteiger partial charge in [-0.2, -0.15) is 13.2 Å². The average Bonchev–Trinajstić information content (AvgIpc) is 2.23. The Morgan fingerprint density at radius 1 is 1.33 bits per heavy atom. The fraction of sp³-hybridized carbons (Fsp3) is 0.455. The zero-order valence-corrected chi connectivity index (χ0v) is 10.1. The molecule has 1 unspecified atom stereocenters. The lowest BCUT2D eigenvalue weighted by molar-refractivity contribution is -0.174. The van der Waals surface area contributed by atoms with Crippen LogP contribution in [0.2, 0.25) is 5.02 Å². The van der Waals surface area contributed by atoms with Crippen molar-refractivity contribution >= 4 is 11.6 Å². The zero-order valence-electron chi connectivity index (χ0n) is 9.31. The largest absolute Gasteiger partial charge is 0.411 e. The van der Waals surface area contributed by atoms with Crippen molar-refractivity contribution in [2.45, 2.75) is 18.6 Å². The van der Waals surface area contributed by atoms with E-state index in [4.69, 9.17) is 17.3 Å². The molecular weight excluding hydrogens is 274 g/mol. The summed E-state index contributed by atoms with van der Waals surface area (Å²) in [5.74, 6) is -0.586. The van der Waals surface area contributed by atoms with Gasteiger partial charge in [0.15, 0.2) is 0 Å². The van der Waals surface area contributed by atoms with E-state index in [-0.39, 0.29) is 18.1 Å². The monoisotopic (exact) mass is 285 g/mol. The molecule has 0 saturated heterocycles. The van der Waals surface area contributed by atoms with Crippen LogP contribution in [0.25, 0.3) is 0 Å². The van der Waals surface area contributed by atoms with Gasteiger partial charge in [-0.1, -0.05) is 23.7 Å². The van der Waals surface area contributed by atoms with Crippen molar-refractivity contribution in [3.05, 3.63) is 34.6 Å². The molecule has 0 spiro atoms. The summed E-state index contributed by atoms with van der Waals surface area (Å²) < 4.78 is 52.9. The van der Waals surface area contributed by atoms with Crippen molar-refractivity contribution in [2.24, 2.45) is 5.73 Å². The smallest absolute Gasteiger partial charge is 0.370 e. The molecule has 0 radical (unpaired) electrons. The van der Waals surface area contributed by atoms with E-state index in [0.717, 1.165) is 0 Å². The third-order valence-electron chi connectivity index (χ3n) is 2.11. The molecular formula is C11H12ClF4NO. The van der Waals surface area contributed by atoms with Crippen molar-refractivity contribution in [1.29, 1.82) is 0 Å². The van der Waals surface area contributed by atoms with Crippen molar-refractivity contribution in [3.8, 4) is 0 Å². The number of halogens is 5. The highest BCUT2D eigenvalue weighted by Gasteiger charge is 2.27. The van der Waals surface area contributed by atoms with Crippen LogP contribution in [0.3, 0.4) is 0 Å². The summed E-state index contributed by atoms with van der Waals surface area (Å²) in [6.07, 6.45) is -4.23. The van der Waals surface area contributed by atoms with Crippen molar-refractivity contribution in [2.75, 3.05) is 13.2 Å². The van der Waals surface area contributed by atoms with Gasteiger partial charge < -0.3 is 10.5 Å². The summed E-state index contributed by atoms with van der Waals surface area (Å²) in [6.45, 7) is -1.62. The van der Waals surface area contributed by atoms with Crippen LogP contribution in [-0.2, 0) is 11.2 Å². The Labute approximate surface area is 107 Å². The Balaban J connectivity index is 2.45. The lowest BCUT2D eigenvalue weighted by Gasteiger charge is -2.14. The molecule has 1 aromatic rings. The van der Waals surface area contributed by atoms with Crippen LogP contribution < -0.4 is 5.73 Å². The first kappa shape index (κ1) is 15.2. The second-order valence-electron chi connectivity index (χ2n) is 3.81. The molecule has 1 atom stereocenters. The Hall–Kier alpha value is -0.850. The number of alkyl halides is 3. The summed E-state index contributed by atoms with van der Waals surface area (Å²) in [4.78, 5) is 0. The van der Waals surface area contributed by atoms with Crippen LogP contribution in [0.4, 0.5) is 17.6 Å². The van der Waals surface area contributed by atoms with Crippen LogP contribution in [0, 0.1) is 5.82 Å². The van der Waals surface area contributed by atoms with Crippen LogP contribution in [-0.4, -0.2) is 25.4 Å². The van der Waals surface area contributed by atoms with Gasteiger partial charge in [0.05, 0.1) is 11.6 Å². The standard InChI is InChI=1S/C11H12ClF4NO/c12-10-7(2-1-3-9(10)13)4-8(17)5-18-6-11(14,15)16/h1-3,8H,4-6,17H2. The molecule has 2 N–H and O–H groups in total. The summed E-state index contributed by atoms with van der Waals surface area (Å²) in [7, 11) is 0. The Bertz CT molecular complexity index is 397. The quantitative estimate of drug-likeness (QED) is 0.844.